The second kappa shape index (κ2) is 6.96. The van der Waals surface area contributed by atoms with E-state index in [-0.39, 0.29) is 11.5 Å². The van der Waals surface area contributed by atoms with Gasteiger partial charge in [-0.05, 0) is 38.5 Å². The molecule has 6 heteroatoms. The molecule has 2 aromatic heterocycles. The number of hydrogen-bond donors (Lipinski definition) is 1. The lowest BCUT2D eigenvalue weighted by molar-refractivity contribution is -0.124. The van der Waals surface area contributed by atoms with E-state index in [1.807, 2.05) is 78.5 Å². The van der Waals surface area contributed by atoms with Gasteiger partial charge >= 0.3 is 0 Å². The predicted octanol–water partition coefficient (Wildman–Crippen LogP) is 3.14. The average molecular weight is 374 g/mol. The molecular formula is C22H22N4O2. The number of amides is 1. The number of carbonyl (C=O) groups excluding carboxylic acids is 1. The van der Waals surface area contributed by atoms with Crippen LogP contribution in [0.25, 0.3) is 16.6 Å². The van der Waals surface area contributed by atoms with Crippen LogP contribution in [0.15, 0.2) is 59.4 Å². The molecule has 142 valence electrons. The van der Waals surface area contributed by atoms with E-state index in [0.29, 0.717) is 12.2 Å². The van der Waals surface area contributed by atoms with Crippen molar-refractivity contribution >= 4 is 22.5 Å². The van der Waals surface area contributed by atoms with Gasteiger partial charge in [-0.15, -0.1) is 0 Å². The Morgan fingerprint density at radius 1 is 1.11 bits per heavy atom. The van der Waals surface area contributed by atoms with Crippen molar-refractivity contribution in [3.05, 3.63) is 81.8 Å². The molecule has 2 heterocycles. The highest BCUT2D eigenvalue weighted by Crippen LogP contribution is 2.25. The lowest BCUT2D eigenvalue weighted by Gasteiger charge is -2.18. The molecule has 2 aromatic carbocycles. The Bertz CT molecular complexity index is 1240. The molecule has 0 unspecified atom stereocenters. The fourth-order valence-electron chi connectivity index (χ4n) is 3.54. The number of aromatic nitrogens is 3. The first-order chi connectivity index (χ1) is 13.5. The van der Waals surface area contributed by atoms with Crippen LogP contribution in [0.5, 0.6) is 0 Å². The van der Waals surface area contributed by atoms with Crippen molar-refractivity contribution in [2.75, 3.05) is 0 Å². The van der Waals surface area contributed by atoms with Gasteiger partial charge in [0.2, 0.25) is 5.91 Å². The molecule has 1 atom stereocenters. The first kappa shape index (κ1) is 18.0. The van der Waals surface area contributed by atoms with Crippen molar-refractivity contribution in [2.24, 2.45) is 0 Å². The average Bonchev–Trinajstić information content (AvgIpc) is 3.01. The van der Waals surface area contributed by atoms with Gasteiger partial charge < -0.3 is 5.32 Å². The molecule has 1 N–H and O–H groups in total. The SMILES string of the molecule is Cc1ccc(CNC(=O)[C@@H](C)n2c3ccccc3c3nc(=O)cc(C)n32)cc1. The molecular weight excluding hydrogens is 352 g/mol. The van der Waals surface area contributed by atoms with Gasteiger partial charge in [-0.1, -0.05) is 42.0 Å². The van der Waals surface area contributed by atoms with Crippen molar-refractivity contribution in [2.45, 2.75) is 33.4 Å². The van der Waals surface area contributed by atoms with Gasteiger partial charge in [0, 0.05) is 23.7 Å². The largest absolute Gasteiger partial charge is 0.350 e. The number of rotatable bonds is 4. The molecule has 0 aliphatic carbocycles. The van der Waals surface area contributed by atoms with E-state index in [9.17, 15) is 9.59 Å². The van der Waals surface area contributed by atoms with E-state index in [1.54, 1.807) is 0 Å². The molecule has 4 aromatic rings. The van der Waals surface area contributed by atoms with Gasteiger partial charge in [0.25, 0.3) is 5.56 Å². The van der Waals surface area contributed by atoms with E-state index in [2.05, 4.69) is 10.3 Å². The lowest BCUT2D eigenvalue weighted by atomic mass is 10.1. The third-order valence-corrected chi connectivity index (χ3v) is 5.02. The van der Waals surface area contributed by atoms with Crippen molar-refractivity contribution in [3.63, 3.8) is 0 Å². The van der Waals surface area contributed by atoms with E-state index >= 15 is 0 Å². The number of nitrogens with one attached hydrogen (secondary N) is 1. The zero-order chi connectivity index (χ0) is 19.8. The van der Waals surface area contributed by atoms with Crippen molar-refractivity contribution in [3.8, 4) is 0 Å². The number of aryl methyl sites for hydroxylation is 2. The maximum Gasteiger partial charge on any atom is 0.273 e. The van der Waals surface area contributed by atoms with E-state index < -0.39 is 6.04 Å². The third-order valence-electron chi connectivity index (χ3n) is 5.02. The zero-order valence-electron chi connectivity index (χ0n) is 16.1. The molecule has 4 rings (SSSR count). The van der Waals surface area contributed by atoms with Gasteiger partial charge in [0.15, 0.2) is 5.65 Å². The fourth-order valence-corrected chi connectivity index (χ4v) is 3.54. The Morgan fingerprint density at radius 3 is 2.57 bits per heavy atom. The smallest absolute Gasteiger partial charge is 0.273 e. The Morgan fingerprint density at radius 2 is 1.82 bits per heavy atom. The Balaban J connectivity index is 1.73. The van der Waals surface area contributed by atoms with Crippen LogP contribution in [0, 0.1) is 13.8 Å². The first-order valence-corrected chi connectivity index (χ1v) is 9.28. The summed E-state index contributed by atoms with van der Waals surface area (Å²) in [4.78, 5) is 29.0. The second-order valence-electron chi connectivity index (χ2n) is 7.11. The minimum Gasteiger partial charge on any atom is -0.350 e. The van der Waals surface area contributed by atoms with E-state index in [1.165, 1.54) is 11.6 Å². The summed E-state index contributed by atoms with van der Waals surface area (Å²) in [5.41, 5.74) is 4.13. The summed E-state index contributed by atoms with van der Waals surface area (Å²) in [5.74, 6) is -0.0960. The van der Waals surface area contributed by atoms with Crippen LogP contribution in [0.1, 0.15) is 29.8 Å². The lowest BCUT2D eigenvalue weighted by Crippen LogP contribution is -2.32. The number of carbonyl (C=O) groups is 1. The number of fused-ring (bicyclic) bond motifs is 3. The molecule has 0 radical (unpaired) electrons. The highest BCUT2D eigenvalue weighted by Gasteiger charge is 2.22. The van der Waals surface area contributed by atoms with Crippen molar-refractivity contribution in [1.82, 2.24) is 19.5 Å². The van der Waals surface area contributed by atoms with Crippen molar-refractivity contribution < 1.29 is 4.79 Å². The maximum atomic E-state index is 12.9. The number of nitrogens with zero attached hydrogens (tertiary/aromatic N) is 3. The highest BCUT2D eigenvalue weighted by molar-refractivity contribution is 5.94. The Kier molecular flexibility index (Phi) is 4.47. The van der Waals surface area contributed by atoms with Crippen LogP contribution in [-0.2, 0) is 11.3 Å². The number of benzene rings is 2. The van der Waals surface area contributed by atoms with Gasteiger partial charge in [0.1, 0.15) is 6.04 Å². The molecule has 28 heavy (non-hydrogen) atoms. The highest BCUT2D eigenvalue weighted by atomic mass is 16.2. The molecule has 0 fully saturated rings. The molecule has 0 bridgehead atoms. The van der Waals surface area contributed by atoms with Gasteiger partial charge in [0.05, 0.1) is 5.52 Å². The summed E-state index contributed by atoms with van der Waals surface area (Å²) in [6, 6.07) is 16.8. The summed E-state index contributed by atoms with van der Waals surface area (Å²) in [6.07, 6.45) is 0. The minimum atomic E-state index is -0.476. The minimum absolute atomic E-state index is 0.0960. The van der Waals surface area contributed by atoms with E-state index in [4.69, 9.17) is 0 Å². The van der Waals surface area contributed by atoms with Crippen LogP contribution < -0.4 is 10.9 Å². The molecule has 0 saturated heterocycles. The quantitative estimate of drug-likeness (QED) is 0.597. The molecule has 1 amide bonds. The Labute approximate surface area is 162 Å². The van der Waals surface area contributed by atoms with Crippen molar-refractivity contribution in [1.29, 1.82) is 0 Å². The van der Waals surface area contributed by atoms with Gasteiger partial charge in [-0.3, -0.25) is 14.3 Å². The summed E-state index contributed by atoms with van der Waals surface area (Å²) in [7, 11) is 0. The van der Waals surface area contributed by atoms with Gasteiger partial charge in [-0.2, -0.15) is 4.98 Å². The molecule has 0 aliphatic heterocycles. The topological polar surface area (TPSA) is 68.4 Å². The second-order valence-corrected chi connectivity index (χ2v) is 7.11. The predicted molar refractivity (Wildman–Crippen MR) is 109 cm³/mol. The summed E-state index contributed by atoms with van der Waals surface area (Å²) < 4.78 is 3.75. The first-order valence-electron chi connectivity index (χ1n) is 9.28. The van der Waals surface area contributed by atoms with Crippen LogP contribution in [0.2, 0.25) is 0 Å². The molecule has 0 saturated carbocycles. The number of hydrogen-bond acceptors (Lipinski definition) is 3. The van der Waals surface area contributed by atoms with Crippen LogP contribution in [-0.4, -0.2) is 20.1 Å². The maximum absolute atomic E-state index is 12.9. The summed E-state index contributed by atoms with van der Waals surface area (Å²) >= 11 is 0. The third kappa shape index (κ3) is 3.07. The zero-order valence-corrected chi connectivity index (χ0v) is 16.1. The monoisotopic (exact) mass is 374 g/mol. The summed E-state index contributed by atoms with van der Waals surface area (Å²) in [5, 5.41) is 3.86. The van der Waals surface area contributed by atoms with Crippen LogP contribution in [0.4, 0.5) is 0 Å². The Hall–Kier alpha value is -3.41. The summed E-state index contributed by atoms with van der Waals surface area (Å²) in [6.45, 7) is 6.21. The normalized spacial score (nSPS) is 12.4. The number of para-hydroxylation sites is 1. The fraction of sp³-hybridized carbons (Fsp3) is 0.227. The molecule has 0 spiro atoms. The molecule has 6 nitrogen and oxygen atoms in total. The molecule has 0 aliphatic rings. The van der Waals surface area contributed by atoms with Gasteiger partial charge in [-0.25, -0.2) is 4.52 Å². The standard InChI is InChI=1S/C22H22N4O2/c1-14-8-10-17(11-9-14)13-23-22(28)16(3)26-19-7-5-4-6-18(19)21-24-20(27)12-15(2)25(21)26/h4-12,16H,13H2,1-3H3,(H,23,28)/t16-/m1/s1. The van der Waals surface area contributed by atoms with Crippen LogP contribution >= 0.6 is 0 Å². The van der Waals surface area contributed by atoms with E-state index in [0.717, 1.165) is 22.2 Å². The van der Waals surface area contributed by atoms with Crippen LogP contribution in [0.3, 0.4) is 0 Å².